The molecule has 0 saturated carbocycles. The van der Waals surface area contributed by atoms with Crippen LogP contribution in [0.4, 0.5) is 39.4 Å². The molecule has 15 heteroatoms. The van der Waals surface area contributed by atoms with E-state index in [1.54, 1.807) is 23.6 Å². The average Bonchev–Trinajstić information content (AvgIpc) is 3.51. The molecule has 10 nitrogen and oxygen atoms in total. The van der Waals surface area contributed by atoms with E-state index in [-0.39, 0.29) is 46.0 Å². The van der Waals surface area contributed by atoms with Gasteiger partial charge in [0.2, 0.25) is 0 Å². The van der Waals surface area contributed by atoms with Crippen LogP contribution >= 0.6 is 0 Å². The minimum absolute atomic E-state index is 0.000831. The summed E-state index contributed by atoms with van der Waals surface area (Å²) >= 11 is 0. The van der Waals surface area contributed by atoms with Crippen molar-refractivity contribution >= 4 is 34.4 Å². The molecule has 3 aromatic heterocycles. The Morgan fingerprint density at radius 3 is 2.50 bits per heavy atom. The van der Waals surface area contributed by atoms with Gasteiger partial charge in [-0.2, -0.15) is 18.2 Å². The fourth-order valence-electron chi connectivity index (χ4n) is 4.35. The van der Waals surface area contributed by atoms with Crippen LogP contribution in [0.1, 0.15) is 35.1 Å². The van der Waals surface area contributed by atoms with E-state index in [1.165, 1.54) is 29.6 Å². The summed E-state index contributed by atoms with van der Waals surface area (Å²) in [5.74, 6) is -3.24. The second kappa shape index (κ2) is 9.54. The Morgan fingerprint density at radius 2 is 1.87 bits per heavy atom. The molecule has 1 N–H and O–H groups in total. The van der Waals surface area contributed by atoms with E-state index < -0.39 is 23.7 Å². The average molecular weight is 536 g/mol. The van der Waals surface area contributed by atoms with Gasteiger partial charge in [0.25, 0.3) is 11.9 Å². The maximum Gasteiger partial charge on any atom is 0.471 e. The summed E-state index contributed by atoms with van der Waals surface area (Å²) in [6.45, 7) is 0.615. The second-order valence-electron chi connectivity index (χ2n) is 8.94. The molecule has 1 aliphatic heterocycles. The second-order valence-corrected chi connectivity index (χ2v) is 8.94. The molecule has 4 heterocycles. The number of nitrogens with one attached hydrogen (secondary N) is 1. The van der Waals surface area contributed by atoms with E-state index in [0.29, 0.717) is 25.9 Å². The molecule has 0 unspecified atom stereocenters. The number of carbonyl (C=O) groups excluding carboxylic acids is 1. The molecule has 1 aliphatic rings. The molecule has 1 amide bonds. The first-order chi connectivity index (χ1) is 18.0. The number of anilines is 3. The Labute approximate surface area is 212 Å². The van der Waals surface area contributed by atoms with Gasteiger partial charge in [0, 0.05) is 45.0 Å². The van der Waals surface area contributed by atoms with Crippen LogP contribution in [0.2, 0.25) is 0 Å². The number of nitrogens with zero attached hydrogens (tertiary/aromatic N) is 7. The molecule has 4 aromatic rings. The van der Waals surface area contributed by atoms with Gasteiger partial charge in [-0.1, -0.05) is 0 Å². The van der Waals surface area contributed by atoms with Gasteiger partial charge < -0.3 is 24.2 Å². The van der Waals surface area contributed by atoms with Crippen molar-refractivity contribution in [3.63, 3.8) is 0 Å². The highest BCUT2D eigenvalue weighted by molar-refractivity contribution is 5.95. The van der Waals surface area contributed by atoms with Gasteiger partial charge in [-0.15, -0.1) is 0 Å². The van der Waals surface area contributed by atoms with E-state index in [9.17, 15) is 22.4 Å². The van der Waals surface area contributed by atoms with E-state index >= 15 is 4.39 Å². The number of fused-ring (bicyclic) bond motifs is 1. The van der Waals surface area contributed by atoms with Gasteiger partial charge in [0.15, 0.2) is 5.82 Å². The third kappa shape index (κ3) is 4.70. The molecular weight excluding hydrogens is 515 g/mol. The lowest BCUT2D eigenvalue weighted by Crippen LogP contribution is -2.35. The van der Waals surface area contributed by atoms with Gasteiger partial charge in [-0.05, 0) is 36.2 Å². The number of aromatic nitrogens is 5. The molecule has 0 radical (unpaired) electrons. The number of hydrogen-bond donors (Lipinski definition) is 1. The van der Waals surface area contributed by atoms with Crippen molar-refractivity contribution in [2.24, 2.45) is 0 Å². The van der Waals surface area contributed by atoms with Crippen molar-refractivity contribution in [3.8, 4) is 0 Å². The number of benzene rings is 1. The molecule has 200 valence electrons. The van der Waals surface area contributed by atoms with Crippen molar-refractivity contribution in [1.29, 1.82) is 0 Å². The smallest absolute Gasteiger partial charge is 0.345 e. The molecule has 0 spiro atoms. The molecule has 38 heavy (non-hydrogen) atoms. The molecule has 5 rings (SSSR count). The molecule has 1 fully saturated rings. The predicted octanol–water partition coefficient (Wildman–Crippen LogP) is 4.40. The summed E-state index contributed by atoms with van der Waals surface area (Å²) in [5.41, 5.74) is 0.432. The Kier molecular flexibility index (Phi) is 6.36. The minimum Gasteiger partial charge on any atom is -0.345 e. The lowest BCUT2D eigenvalue weighted by atomic mass is 10.1. The predicted molar refractivity (Wildman–Crippen MR) is 125 cm³/mol. The molecule has 0 aliphatic carbocycles. The topological polar surface area (TPSA) is 105 Å². The number of piperidine rings is 1. The molecule has 0 bridgehead atoms. The van der Waals surface area contributed by atoms with Crippen LogP contribution in [0.3, 0.4) is 0 Å². The summed E-state index contributed by atoms with van der Waals surface area (Å²) in [6, 6.07) is 3.68. The maximum atomic E-state index is 15.1. The third-order valence-corrected chi connectivity index (χ3v) is 6.24. The Hall–Kier alpha value is -4.30. The minimum atomic E-state index is -4.73. The Morgan fingerprint density at radius 1 is 1.13 bits per heavy atom. The van der Waals surface area contributed by atoms with Gasteiger partial charge in [0.05, 0.1) is 11.1 Å². The maximum absolute atomic E-state index is 15.1. The SMILES string of the molecule is CN(C)C(=O)c1ccc(Nc2ncnc3c2c(F)cn3C2CCN(c3noc(C(F)(F)F)n3)CC2)c(F)c1. The van der Waals surface area contributed by atoms with Crippen molar-refractivity contribution in [3.05, 3.63) is 53.8 Å². The van der Waals surface area contributed by atoms with Crippen LogP contribution in [0.5, 0.6) is 0 Å². The van der Waals surface area contributed by atoms with E-state index in [1.807, 2.05) is 0 Å². The highest BCUT2D eigenvalue weighted by Gasteiger charge is 2.39. The van der Waals surface area contributed by atoms with Crippen LogP contribution in [0.15, 0.2) is 35.2 Å². The number of alkyl halides is 3. The zero-order valence-electron chi connectivity index (χ0n) is 20.1. The van der Waals surface area contributed by atoms with Crippen molar-refractivity contribution < 1.29 is 31.3 Å². The number of halogens is 5. The lowest BCUT2D eigenvalue weighted by Gasteiger charge is -2.31. The molecule has 1 aromatic carbocycles. The lowest BCUT2D eigenvalue weighted by molar-refractivity contribution is -0.159. The summed E-state index contributed by atoms with van der Waals surface area (Å²) in [4.78, 5) is 26.7. The van der Waals surface area contributed by atoms with Crippen molar-refractivity contribution in [2.75, 3.05) is 37.4 Å². The Bertz CT molecular complexity index is 1490. The number of rotatable bonds is 5. The zero-order valence-corrected chi connectivity index (χ0v) is 20.1. The van der Waals surface area contributed by atoms with Crippen LogP contribution in [-0.4, -0.2) is 62.7 Å². The van der Waals surface area contributed by atoms with Gasteiger partial charge >= 0.3 is 12.1 Å². The number of hydrogen-bond acceptors (Lipinski definition) is 8. The van der Waals surface area contributed by atoms with Crippen LogP contribution in [-0.2, 0) is 6.18 Å². The summed E-state index contributed by atoms with van der Waals surface area (Å²) in [7, 11) is 3.10. The van der Waals surface area contributed by atoms with Gasteiger partial charge in [-0.3, -0.25) is 4.79 Å². The third-order valence-electron chi connectivity index (χ3n) is 6.24. The van der Waals surface area contributed by atoms with E-state index in [2.05, 4.69) is 29.9 Å². The standard InChI is InChI=1S/C23H21F5N8O2/c1-34(2)20(37)12-3-4-16(14(24)9-12)31-18-17-15(25)10-36(19(17)30-11-29-18)13-5-7-35(8-6-13)22-32-21(38-33-22)23(26,27)28/h3-4,9-11,13H,5-8H2,1-2H3,(H,29,30,31). The van der Waals surface area contributed by atoms with Gasteiger partial charge in [-0.25, -0.2) is 18.7 Å². The fourth-order valence-corrected chi connectivity index (χ4v) is 4.35. The first-order valence-corrected chi connectivity index (χ1v) is 11.5. The summed E-state index contributed by atoms with van der Waals surface area (Å²) in [5, 5.41) is 6.24. The highest BCUT2D eigenvalue weighted by atomic mass is 19.4. The van der Waals surface area contributed by atoms with E-state index in [4.69, 9.17) is 0 Å². The summed E-state index contributed by atoms with van der Waals surface area (Å²) in [6.07, 6.45) is -1.35. The largest absolute Gasteiger partial charge is 0.471 e. The van der Waals surface area contributed by atoms with Crippen molar-refractivity contribution in [2.45, 2.75) is 25.1 Å². The van der Waals surface area contributed by atoms with Crippen molar-refractivity contribution in [1.82, 2.24) is 29.6 Å². The van der Waals surface area contributed by atoms with Gasteiger partial charge in [0.1, 0.15) is 23.6 Å². The molecule has 1 saturated heterocycles. The Balaban J connectivity index is 1.35. The quantitative estimate of drug-likeness (QED) is 0.375. The molecular formula is C23H21F5N8O2. The van der Waals surface area contributed by atoms with Crippen LogP contribution in [0, 0.1) is 11.6 Å². The molecule has 0 atom stereocenters. The van der Waals surface area contributed by atoms with Crippen LogP contribution < -0.4 is 10.2 Å². The first-order valence-electron chi connectivity index (χ1n) is 11.5. The fraction of sp³-hybridized carbons (Fsp3) is 0.348. The first kappa shape index (κ1) is 25.4. The monoisotopic (exact) mass is 536 g/mol. The number of amides is 1. The zero-order chi connectivity index (χ0) is 27.2. The van der Waals surface area contributed by atoms with E-state index in [0.717, 1.165) is 6.07 Å². The summed E-state index contributed by atoms with van der Waals surface area (Å²) < 4.78 is 74.1. The van der Waals surface area contributed by atoms with Crippen LogP contribution in [0.25, 0.3) is 11.0 Å². The number of carbonyl (C=O) groups is 1. The highest BCUT2D eigenvalue weighted by Crippen LogP contribution is 2.34. The normalized spacial score (nSPS) is 14.8.